The summed E-state index contributed by atoms with van der Waals surface area (Å²) in [5, 5.41) is 2.92. The summed E-state index contributed by atoms with van der Waals surface area (Å²) in [5.74, 6) is 0.956. The van der Waals surface area contributed by atoms with Crippen molar-refractivity contribution in [3.63, 3.8) is 0 Å². The third-order valence-electron chi connectivity index (χ3n) is 5.23. The molecule has 0 saturated heterocycles. The number of ether oxygens (including phenoxy) is 2. The largest absolute Gasteiger partial charge is 0.493 e. The summed E-state index contributed by atoms with van der Waals surface area (Å²) in [6, 6.07) is 23.2. The molecule has 3 aromatic carbocycles. The lowest BCUT2D eigenvalue weighted by Crippen LogP contribution is -2.16. The second-order valence-electron chi connectivity index (χ2n) is 7.81. The van der Waals surface area contributed by atoms with E-state index in [1.54, 1.807) is 18.2 Å². The van der Waals surface area contributed by atoms with Crippen LogP contribution in [-0.2, 0) is 11.3 Å². The normalized spacial score (nSPS) is 10.4. The van der Waals surface area contributed by atoms with Crippen LogP contribution in [0.15, 0.2) is 72.8 Å². The number of carbonyl (C=O) groups is 2. The third kappa shape index (κ3) is 7.10. The number of hydrogen-bond acceptors (Lipinski definition) is 5. The van der Waals surface area contributed by atoms with Crippen LogP contribution in [0.25, 0.3) is 0 Å². The molecule has 0 fully saturated rings. The van der Waals surface area contributed by atoms with Crippen molar-refractivity contribution in [3.05, 3.63) is 83.9 Å². The van der Waals surface area contributed by atoms with E-state index in [2.05, 4.69) is 22.3 Å². The van der Waals surface area contributed by atoms with Gasteiger partial charge in [-0.15, -0.1) is 0 Å². The first-order valence-electron chi connectivity index (χ1n) is 10.9. The summed E-state index contributed by atoms with van der Waals surface area (Å²) >= 11 is 0. The molecule has 0 spiro atoms. The first kappa shape index (κ1) is 23.9. The summed E-state index contributed by atoms with van der Waals surface area (Å²) < 4.78 is 11.0. The lowest BCUT2D eigenvalue weighted by Gasteiger charge is -2.20. The van der Waals surface area contributed by atoms with Crippen molar-refractivity contribution in [1.29, 1.82) is 0 Å². The van der Waals surface area contributed by atoms with Crippen LogP contribution < -0.4 is 19.7 Å². The first-order chi connectivity index (χ1) is 16.0. The van der Waals surface area contributed by atoms with Crippen LogP contribution in [0.3, 0.4) is 0 Å². The number of amides is 1. The van der Waals surface area contributed by atoms with Crippen LogP contribution in [0.2, 0.25) is 0 Å². The van der Waals surface area contributed by atoms with Crippen molar-refractivity contribution in [1.82, 2.24) is 0 Å². The molecule has 0 aliphatic carbocycles. The molecule has 0 atom stereocenters. The zero-order chi connectivity index (χ0) is 23.6. The maximum Gasteiger partial charge on any atom is 0.224 e. The van der Waals surface area contributed by atoms with Crippen molar-refractivity contribution in [3.8, 4) is 11.5 Å². The van der Waals surface area contributed by atoms with E-state index < -0.39 is 0 Å². The molecule has 1 amide bonds. The number of ketones is 1. The third-order valence-corrected chi connectivity index (χ3v) is 5.23. The molecule has 172 valence electrons. The van der Waals surface area contributed by atoms with Crippen LogP contribution >= 0.6 is 0 Å². The first-order valence-corrected chi connectivity index (χ1v) is 10.9. The number of rotatable bonds is 11. The molecule has 0 unspecified atom stereocenters. The van der Waals surface area contributed by atoms with Gasteiger partial charge in [-0.2, -0.15) is 0 Å². The van der Waals surface area contributed by atoms with Gasteiger partial charge in [-0.05, 0) is 61.4 Å². The van der Waals surface area contributed by atoms with E-state index in [1.165, 1.54) is 19.6 Å². The minimum atomic E-state index is -0.0668. The molecular formula is C27H30N2O4. The Morgan fingerprint density at radius 3 is 2.33 bits per heavy atom. The van der Waals surface area contributed by atoms with E-state index >= 15 is 0 Å². The van der Waals surface area contributed by atoms with Crippen molar-refractivity contribution in [2.45, 2.75) is 26.3 Å². The van der Waals surface area contributed by atoms with E-state index in [0.29, 0.717) is 36.5 Å². The molecule has 0 aliphatic heterocycles. The molecule has 0 aromatic heterocycles. The Balaban J connectivity index is 1.43. The average Bonchev–Trinajstić information content (AvgIpc) is 2.82. The van der Waals surface area contributed by atoms with Crippen LogP contribution in [0.5, 0.6) is 11.5 Å². The Labute approximate surface area is 195 Å². The fourth-order valence-electron chi connectivity index (χ4n) is 3.39. The van der Waals surface area contributed by atoms with Gasteiger partial charge in [0.05, 0.1) is 13.7 Å². The number of nitrogens with zero attached hydrogens (tertiary/aromatic N) is 1. The number of hydrogen-bond donors (Lipinski definition) is 1. The Kier molecular flexibility index (Phi) is 8.47. The molecule has 6 heteroatoms. The number of methoxy groups -OCH3 is 1. The molecule has 0 aliphatic rings. The average molecular weight is 447 g/mol. The van der Waals surface area contributed by atoms with E-state index in [-0.39, 0.29) is 11.7 Å². The van der Waals surface area contributed by atoms with E-state index in [4.69, 9.17) is 9.47 Å². The topological polar surface area (TPSA) is 67.9 Å². The van der Waals surface area contributed by atoms with Crippen molar-refractivity contribution >= 4 is 23.1 Å². The molecule has 33 heavy (non-hydrogen) atoms. The highest BCUT2D eigenvalue weighted by Gasteiger charge is 2.09. The van der Waals surface area contributed by atoms with Gasteiger partial charge in [-0.1, -0.05) is 30.3 Å². The Bertz CT molecular complexity index is 1070. The quantitative estimate of drug-likeness (QED) is 0.318. The maximum absolute atomic E-state index is 12.3. The van der Waals surface area contributed by atoms with Gasteiger partial charge in [0, 0.05) is 37.0 Å². The summed E-state index contributed by atoms with van der Waals surface area (Å²) in [5.41, 5.74) is 3.65. The minimum Gasteiger partial charge on any atom is -0.493 e. The maximum atomic E-state index is 12.3. The second kappa shape index (κ2) is 11.7. The van der Waals surface area contributed by atoms with Crippen LogP contribution in [0, 0.1) is 0 Å². The Morgan fingerprint density at radius 2 is 1.67 bits per heavy atom. The zero-order valence-corrected chi connectivity index (χ0v) is 19.3. The van der Waals surface area contributed by atoms with Gasteiger partial charge in [-0.25, -0.2) is 0 Å². The van der Waals surface area contributed by atoms with E-state index in [0.717, 1.165) is 17.9 Å². The molecule has 3 rings (SSSR count). The molecular weight excluding hydrogens is 416 g/mol. The summed E-state index contributed by atoms with van der Waals surface area (Å²) in [6.45, 7) is 2.69. The highest BCUT2D eigenvalue weighted by Crippen LogP contribution is 2.28. The SMILES string of the molecule is COc1cc(C(C)=O)ccc1OCCCC(=O)Nc1ccc(N(C)Cc2ccccc2)cc1. The Hall–Kier alpha value is -3.80. The number of benzene rings is 3. The lowest BCUT2D eigenvalue weighted by molar-refractivity contribution is -0.116. The van der Waals surface area contributed by atoms with Gasteiger partial charge in [0.2, 0.25) is 5.91 Å². The highest BCUT2D eigenvalue weighted by atomic mass is 16.5. The fraction of sp³-hybridized carbons (Fsp3) is 0.259. The monoisotopic (exact) mass is 446 g/mol. The smallest absolute Gasteiger partial charge is 0.224 e. The second-order valence-corrected chi connectivity index (χ2v) is 7.81. The molecule has 3 aromatic rings. The minimum absolute atomic E-state index is 0.0348. The van der Waals surface area contributed by atoms with Crippen molar-refractivity contribution in [2.24, 2.45) is 0 Å². The van der Waals surface area contributed by atoms with Gasteiger partial charge in [0.25, 0.3) is 0 Å². The van der Waals surface area contributed by atoms with Gasteiger partial charge in [0.15, 0.2) is 17.3 Å². The number of nitrogens with one attached hydrogen (secondary N) is 1. The molecule has 0 bridgehead atoms. The fourth-order valence-corrected chi connectivity index (χ4v) is 3.39. The molecule has 6 nitrogen and oxygen atoms in total. The van der Waals surface area contributed by atoms with Crippen LogP contribution in [-0.4, -0.2) is 32.5 Å². The molecule has 0 radical (unpaired) electrons. The summed E-state index contributed by atoms with van der Waals surface area (Å²) in [7, 11) is 3.58. The van der Waals surface area contributed by atoms with Gasteiger partial charge in [0.1, 0.15) is 0 Å². The summed E-state index contributed by atoms with van der Waals surface area (Å²) in [6.07, 6.45) is 0.894. The molecule has 0 heterocycles. The zero-order valence-electron chi connectivity index (χ0n) is 19.3. The number of anilines is 2. The standard InChI is InChI=1S/C27H30N2O4/c1-20(30)22-11-16-25(26(18-22)32-3)33-17-7-10-27(31)28-23-12-14-24(15-13-23)29(2)19-21-8-5-4-6-9-21/h4-6,8-9,11-16,18H,7,10,17,19H2,1-3H3,(H,28,31). The number of Topliss-reactive ketones (excluding diaryl/α,β-unsaturated/α-hetero) is 1. The van der Waals surface area contributed by atoms with Crippen LogP contribution in [0.1, 0.15) is 35.7 Å². The van der Waals surface area contributed by atoms with Crippen molar-refractivity contribution in [2.75, 3.05) is 31.0 Å². The van der Waals surface area contributed by atoms with Gasteiger partial charge in [-0.3, -0.25) is 9.59 Å². The summed E-state index contributed by atoms with van der Waals surface area (Å²) in [4.78, 5) is 25.9. The van der Waals surface area contributed by atoms with Crippen LogP contribution in [0.4, 0.5) is 11.4 Å². The van der Waals surface area contributed by atoms with E-state index in [9.17, 15) is 9.59 Å². The predicted octanol–water partition coefficient (Wildman–Crippen LogP) is 5.33. The highest BCUT2D eigenvalue weighted by molar-refractivity contribution is 5.94. The number of carbonyl (C=O) groups excluding carboxylic acids is 2. The Morgan fingerprint density at radius 1 is 0.939 bits per heavy atom. The molecule has 1 N–H and O–H groups in total. The van der Waals surface area contributed by atoms with Gasteiger partial charge < -0.3 is 19.7 Å². The van der Waals surface area contributed by atoms with Crippen molar-refractivity contribution < 1.29 is 19.1 Å². The lowest BCUT2D eigenvalue weighted by atomic mass is 10.1. The predicted molar refractivity (Wildman–Crippen MR) is 131 cm³/mol. The molecule has 0 saturated carbocycles. The van der Waals surface area contributed by atoms with Gasteiger partial charge >= 0.3 is 0 Å². The van der Waals surface area contributed by atoms with E-state index in [1.807, 2.05) is 49.5 Å².